The lowest BCUT2D eigenvalue weighted by atomic mass is 10.3. The van der Waals surface area contributed by atoms with Gasteiger partial charge in [0.1, 0.15) is 11.0 Å². The van der Waals surface area contributed by atoms with Crippen molar-refractivity contribution in [3.63, 3.8) is 0 Å². The Kier molecular flexibility index (Phi) is 2.97. The highest BCUT2D eigenvalue weighted by Crippen LogP contribution is 2.37. The summed E-state index contributed by atoms with van der Waals surface area (Å²) in [6.45, 7) is 0.737. The fourth-order valence-corrected chi connectivity index (χ4v) is 2.80. The molecule has 0 unspecified atom stereocenters. The SMILES string of the molecule is Nc1ncc2c(n1)N(Cc1ccc(Cl)nc1)CS2. The second-order valence-electron chi connectivity index (χ2n) is 3.88. The van der Waals surface area contributed by atoms with E-state index in [1.54, 1.807) is 30.2 Å². The van der Waals surface area contributed by atoms with E-state index in [0.717, 1.165) is 28.7 Å². The first-order chi connectivity index (χ1) is 8.72. The number of nitrogens with two attached hydrogens (primary N) is 1. The maximum absolute atomic E-state index is 5.76. The third kappa shape index (κ3) is 2.21. The molecule has 0 spiro atoms. The Morgan fingerprint density at radius 2 is 2.22 bits per heavy atom. The zero-order valence-electron chi connectivity index (χ0n) is 9.38. The van der Waals surface area contributed by atoms with Gasteiger partial charge in [-0.2, -0.15) is 4.98 Å². The molecule has 7 heteroatoms. The van der Waals surface area contributed by atoms with Crippen LogP contribution in [0.3, 0.4) is 0 Å². The van der Waals surface area contributed by atoms with Crippen LogP contribution in [-0.4, -0.2) is 20.8 Å². The second kappa shape index (κ2) is 4.62. The molecule has 18 heavy (non-hydrogen) atoms. The lowest BCUT2D eigenvalue weighted by Crippen LogP contribution is -2.19. The van der Waals surface area contributed by atoms with E-state index in [4.69, 9.17) is 17.3 Å². The first kappa shape index (κ1) is 11.6. The van der Waals surface area contributed by atoms with Crippen molar-refractivity contribution in [1.29, 1.82) is 0 Å². The Morgan fingerprint density at radius 1 is 1.33 bits per heavy atom. The molecular formula is C11H10ClN5S. The van der Waals surface area contributed by atoms with Crippen molar-refractivity contribution in [1.82, 2.24) is 15.0 Å². The van der Waals surface area contributed by atoms with Crippen LogP contribution in [0.15, 0.2) is 29.4 Å². The number of halogens is 1. The third-order valence-electron chi connectivity index (χ3n) is 2.59. The molecule has 0 bridgehead atoms. The van der Waals surface area contributed by atoms with Crippen molar-refractivity contribution >= 4 is 35.1 Å². The monoisotopic (exact) mass is 279 g/mol. The molecule has 0 fully saturated rings. The van der Waals surface area contributed by atoms with Crippen LogP contribution in [0.2, 0.25) is 5.15 Å². The minimum atomic E-state index is 0.301. The summed E-state index contributed by atoms with van der Waals surface area (Å²) in [6.07, 6.45) is 3.54. The highest BCUT2D eigenvalue weighted by Gasteiger charge is 2.22. The van der Waals surface area contributed by atoms with Gasteiger partial charge in [0.05, 0.1) is 10.8 Å². The number of pyridine rings is 1. The second-order valence-corrected chi connectivity index (χ2v) is 5.25. The van der Waals surface area contributed by atoms with Crippen LogP contribution in [0.5, 0.6) is 0 Å². The van der Waals surface area contributed by atoms with Gasteiger partial charge in [-0.3, -0.25) is 0 Å². The Labute approximate surface area is 113 Å². The summed E-state index contributed by atoms with van der Waals surface area (Å²) in [5.41, 5.74) is 6.71. The molecule has 0 amide bonds. The molecule has 2 aromatic heterocycles. The highest BCUT2D eigenvalue weighted by molar-refractivity contribution is 7.99. The molecule has 2 aromatic rings. The van der Waals surface area contributed by atoms with Gasteiger partial charge in [0.2, 0.25) is 5.95 Å². The van der Waals surface area contributed by atoms with Crippen LogP contribution >= 0.6 is 23.4 Å². The first-order valence-electron chi connectivity index (χ1n) is 5.33. The number of hydrogen-bond acceptors (Lipinski definition) is 6. The van der Waals surface area contributed by atoms with Gasteiger partial charge in [-0.05, 0) is 11.6 Å². The fraction of sp³-hybridized carbons (Fsp3) is 0.182. The number of nitrogens with zero attached hydrogens (tertiary/aromatic N) is 4. The van der Waals surface area contributed by atoms with Gasteiger partial charge < -0.3 is 10.6 Å². The number of hydrogen-bond donors (Lipinski definition) is 1. The summed E-state index contributed by atoms with van der Waals surface area (Å²) in [6, 6.07) is 3.75. The predicted molar refractivity (Wildman–Crippen MR) is 72.6 cm³/mol. The maximum atomic E-state index is 5.76. The van der Waals surface area contributed by atoms with E-state index in [-0.39, 0.29) is 0 Å². The molecule has 3 heterocycles. The zero-order chi connectivity index (χ0) is 12.5. The molecule has 0 saturated carbocycles. The Balaban J connectivity index is 1.84. The van der Waals surface area contributed by atoms with Crippen LogP contribution < -0.4 is 10.6 Å². The topological polar surface area (TPSA) is 67.9 Å². The number of aromatic nitrogens is 3. The largest absolute Gasteiger partial charge is 0.368 e. The average molecular weight is 280 g/mol. The average Bonchev–Trinajstić information content (AvgIpc) is 2.75. The van der Waals surface area contributed by atoms with Crippen LogP contribution in [0.4, 0.5) is 11.8 Å². The van der Waals surface area contributed by atoms with Crippen LogP contribution in [0, 0.1) is 0 Å². The summed E-state index contributed by atoms with van der Waals surface area (Å²) in [5, 5.41) is 0.501. The van der Waals surface area contributed by atoms with Crippen molar-refractivity contribution < 1.29 is 0 Å². The van der Waals surface area contributed by atoms with E-state index < -0.39 is 0 Å². The van der Waals surface area contributed by atoms with Crippen LogP contribution in [0.25, 0.3) is 0 Å². The molecule has 92 valence electrons. The molecule has 0 atom stereocenters. The van der Waals surface area contributed by atoms with Gasteiger partial charge in [0.25, 0.3) is 0 Å². The van der Waals surface area contributed by atoms with Crippen molar-refractivity contribution in [3.8, 4) is 0 Å². The number of thioether (sulfide) groups is 1. The van der Waals surface area contributed by atoms with Gasteiger partial charge in [-0.1, -0.05) is 29.4 Å². The number of fused-ring (bicyclic) bond motifs is 1. The van der Waals surface area contributed by atoms with E-state index in [1.807, 2.05) is 6.07 Å². The number of nitrogen functional groups attached to an aromatic ring is 1. The van der Waals surface area contributed by atoms with E-state index in [2.05, 4.69) is 19.9 Å². The van der Waals surface area contributed by atoms with Crippen molar-refractivity contribution in [2.24, 2.45) is 0 Å². The Bertz CT molecular complexity index is 574. The minimum absolute atomic E-state index is 0.301. The van der Waals surface area contributed by atoms with Gasteiger partial charge >= 0.3 is 0 Å². The quantitative estimate of drug-likeness (QED) is 0.850. The molecule has 0 aromatic carbocycles. The van der Waals surface area contributed by atoms with Crippen LogP contribution in [0.1, 0.15) is 5.56 Å². The van der Waals surface area contributed by atoms with E-state index in [1.165, 1.54) is 0 Å². The number of rotatable bonds is 2. The van der Waals surface area contributed by atoms with Gasteiger partial charge in [0.15, 0.2) is 0 Å². The minimum Gasteiger partial charge on any atom is -0.368 e. The third-order valence-corrected chi connectivity index (χ3v) is 3.86. The zero-order valence-corrected chi connectivity index (χ0v) is 10.9. The molecule has 0 saturated heterocycles. The Hall–Kier alpha value is -1.53. The molecule has 0 radical (unpaired) electrons. The van der Waals surface area contributed by atoms with Gasteiger partial charge in [0, 0.05) is 18.9 Å². The maximum Gasteiger partial charge on any atom is 0.222 e. The van der Waals surface area contributed by atoms with Crippen LogP contribution in [-0.2, 0) is 6.54 Å². The number of anilines is 2. The summed E-state index contributed by atoms with van der Waals surface area (Å²) >= 11 is 7.47. The van der Waals surface area contributed by atoms with Gasteiger partial charge in [-0.15, -0.1) is 0 Å². The molecule has 5 nitrogen and oxygen atoms in total. The van der Waals surface area contributed by atoms with E-state index >= 15 is 0 Å². The summed E-state index contributed by atoms with van der Waals surface area (Å²) in [5.74, 6) is 2.04. The molecule has 3 rings (SSSR count). The Morgan fingerprint density at radius 3 is 3.00 bits per heavy atom. The normalized spacial score (nSPS) is 13.7. The first-order valence-corrected chi connectivity index (χ1v) is 6.69. The predicted octanol–water partition coefficient (Wildman–Crippen LogP) is 2.18. The highest BCUT2D eigenvalue weighted by atomic mass is 35.5. The molecule has 1 aliphatic heterocycles. The molecule has 0 aliphatic carbocycles. The smallest absolute Gasteiger partial charge is 0.222 e. The van der Waals surface area contributed by atoms with Crippen molar-refractivity contribution in [2.75, 3.05) is 16.5 Å². The van der Waals surface area contributed by atoms with Crippen molar-refractivity contribution in [2.45, 2.75) is 11.4 Å². The summed E-state index contributed by atoms with van der Waals surface area (Å²) < 4.78 is 0. The summed E-state index contributed by atoms with van der Waals surface area (Å²) in [7, 11) is 0. The lowest BCUT2D eigenvalue weighted by Gasteiger charge is -2.17. The standard InChI is InChI=1S/C11H10ClN5S/c12-9-2-1-7(3-14-9)5-17-6-18-8-4-15-11(13)16-10(8)17/h1-4H,5-6H2,(H2,13,15,16). The lowest BCUT2D eigenvalue weighted by molar-refractivity contribution is 0.871. The van der Waals surface area contributed by atoms with Crippen molar-refractivity contribution in [3.05, 3.63) is 35.2 Å². The van der Waals surface area contributed by atoms with E-state index in [9.17, 15) is 0 Å². The van der Waals surface area contributed by atoms with E-state index in [0.29, 0.717) is 11.1 Å². The molecular weight excluding hydrogens is 270 g/mol. The molecule has 2 N–H and O–H groups in total. The fourth-order valence-electron chi connectivity index (χ4n) is 1.75. The summed E-state index contributed by atoms with van der Waals surface area (Å²) in [4.78, 5) is 15.5. The van der Waals surface area contributed by atoms with Gasteiger partial charge in [-0.25, -0.2) is 9.97 Å². The molecule has 1 aliphatic rings.